The minimum Gasteiger partial charge on any atom is -0.375 e. The van der Waals surface area contributed by atoms with Gasteiger partial charge in [-0.25, -0.2) is 21.9 Å². The lowest BCUT2D eigenvalue weighted by atomic mass is 9.82. The molecule has 2 aliphatic rings. The Morgan fingerprint density at radius 2 is 2.04 bits per heavy atom. The van der Waals surface area contributed by atoms with Gasteiger partial charge in [-0.05, 0) is 31.7 Å². The number of nitrogens with one attached hydrogen (secondary N) is 1. The SMILES string of the molecule is CS(=O)(=O)NC1CCOC2(CCN(Cc3cccc(F)c3F)CC2)C1. The first-order chi connectivity index (χ1) is 11.8. The third-order valence-electron chi connectivity index (χ3n) is 5.07. The van der Waals surface area contributed by atoms with Gasteiger partial charge in [0.2, 0.25) is 10.0 Å². The lowest BCUT2D eigenvalue weighted by Gasteiger charge is -2.46. The fourth-order valence-corrected chi connectivity index (χ4v) is 4.62. The minimum absolute atomic E-state index is 0.101. The molecule has 0 aliphatic carbocycles. The number of ether oxygens (including phenoxy) is 1. The van der Waals surface area contributed by atoms with Gasteiger partial charge in [0.05, 0.1) is 11.9 Å². The lowest BCUT2D eigenvalue weighted by Crippen LogP contribution is -2.53. The van der Waals surface area contributed by atoms with Crippen LogP contribution in [-0.4, -0.2) is 50.9 Å². The lowest BCUT2D eigenvalue weighted by molar-refractivity contribution is -0.118. The van der Waals surface area contributed by atoms with Crippen LogP contribution in [0.2, 0.25) is 0 Å². The molecule has 1 N–H and O–H groups in total. The molecule has 5 nitrogen and oxygen atoms in total. The number of nitrogens with zero attached hydrogens (tertiary/aromatic N) is 1. The largest absolute Gasteiger partial charge is 0.375 e. The maximum Gasteiger partial charge on any atom is 0.208 e. The fourth-order valence-electron chi connectivity index (χ4n) is 3.81. The van der Waals surface area contributed by atoms with Crippen molar-refractivity contribution < 1.29 is 21.9 Å². The Morgan fingerprint density at radius 3 is 2.72 bits per heavy atom. The van der Waals surface area contributed by atoms with E-state index < -0.39 is 21.7 Å². The van der Waals surface area contributed by atoms with E-state index in [0.717, 1.165) is 18.9 Å². The van der Waals surface area contributed by atoms with Gasteiger partial charge in [0, 0.05) is 37.8 Å². The van der Waals surface area contributed by atoms with Crippen LogP contribution in [0.1, 0.15) is 31.2 Å². The molecular weight excluding hydrogens is 350 g/mol. The Labute approximate surface area is 147 Å². The van der Waals surface area contributed by atoms with E-state index in [-0.39, 0.29) is 11.6 Å². The first kappa shape index (κ1) is 18.7. The van der Waals surface area contributed by atoms with Crippen molar-refractivity contribution in [3.05, 3.63) is 35.4 Å². The van der Waals surface area contributed by atoms with Crippen LogP contribution in [0.4, 0.5) is 8.78 Å². The number of rotatable bonds is 4. The molecule has 3 rings (SSSR count). The molecule has 0 bridgehead atoms. The van der Waals surface area contributed by atoms with Crippen molar-refractivity contribution in [1.82, 2.24) is 9.62 Å². The molecule has 2 aliphatic heterocycles. The zero-order valence-electron chi connectivity index (χ0n) is 14.3. The quantitative estimate of drug-likeness (QED) is 0.876. The van der Waals surface area contributed by atoms with E-state index in [0.29, 0.717) is 44.6 Å². The first-order valence-corrected chi connectivity index (χ1v) is 10.4. The van der Waals surface area contributed by atoms with Crippen LogP contribution < -0.4 is 4.72 Å². The number of likely N-dealkylation sites (tertiary alicyclic amines) is 1. The molecule has 2 saturated heterocycles. The average molecular weight is 374 g/mol. The van der Waals surface area contributed by atoms with E-state index in [4.69, 9.17) is 4.74 Å². The molecule has 1 unspecified atom stereocenters. The maximum absolute atomic E-state index is 13.8. The highest BCUT2D eigenvalue weighted by Crippen LogP contribution is 2.35. The summed E-state index contributed by atoms with van der Waals surface area (Å²) in [6.07, 6.45) is 4.01. The van der Waals surface area contributed by atoms with Crippen LogP contribution in [0.25, 0.3) is 0 Å². The van der Waals surface area contributed by atoms with Crippen LogP contribution in [-0.2, 0) is 21.3 Å². The number of sulfonamides is 1. The number of piperidine rings is 1. The van der Waals surface area contributed by atoms with Crippen molar-refractivity contribution in [2.45, 2.75) is 43.9 Å². The third-order valence-corrected chi connectivity index (χ3v) is 5.83. The third kappa shape index (κ3) is 4.75. The molecule has 0 amide bonds. The molecular formula is C17H24F2N2O3S. The van der Waals surface area contributed by atoms with Gasteiger partial charge < -0.3 is 4.74 Å². The summed E-state index contributed by atoms with van der Waals surface area (Å²) in [5, 5.41) is 0. The van der Waals surface area contributed by atoms with Crippen molar-refractivity contribution in [3.63, 3.8) is 0 Å². The van der Waals surface area contributed by atoms with Crippen molar-refractivity contribution in [2.24, 2.45) is 0 Å². The van der Waals surface area contributed by atoms with Crippen molar-refractivity contribution in [1.29, 1.82) is 0 Å². The van der Waals surface area contributed by atoms with Crippen LogP contribution >= 0.6 is 0 Å². The number of hydrogen-bond donors (Lipinski definition) is 1. The molecule has 0 aromatic heterocycles. The number of halogens is 2. The summed E-state index contributed by atoms with van der Waals surface area (Å²) in [5.41, 5.74) is 0.0366. The van der Waals surface area contributed by atoms with E-state index in [1.54, 1.807) is 6.07 Å². The van der Waals surface area contributed by atoms with Crippen molar-refractivity contribution in [3.8, 4) is 0 Å². The summed E-state index contributed by atoms with van der Waals surface area (Å²) >= 11 is 0. The van der Waals surface area contributed by atoms with E-state index in [2.05, 4.69) is 9.62 Å². The van der Waals surface area contributed by atoms with E-state index in [1.807, 2.05) is 0 Å². The van der Waals surface area contributed by atoms with Gasteiger partial charge in [-0.1, -0.05) is 12.1 Å². The molecule has 25 heavy (non-hydrogen) atoms. The Hall–Kier alpha value is -1.09. The molecule has 0 saturated carbocycles. The average Bonchev–Trinajstić information content (AvgIpc) is 2.53. The highest BCUT2D eigenvalue weighted by atomic mass is 32.2. The zero-order chi connectivity index (χ0) is 18.1. The van der Waals surface area contributed by atoms with Gasteiger partial charge in [0.25, 0.3) is 0 Å². The molecule has 1 atom stereocenters. The van der Waals surface area contributed by atoms with Gasteiger partial charge in [0.1, 0.15) is 0 Å². The molecule has 8 heteroatoms. The van der Waals surface area contributed by atoms with Crippen LogP contribution in [0.3, 0.4) is 0 Å². The fraction of sp³-hybridized carbons (Fsp3) is 0.647. The summed E-state index contributed by atoms with van der Waals surface area (Å²) in [6, 6.07) is 4.14. The number of benzene rings is 1. The maximum atomic E-state index is 13.8. The van der Waals surface area contributed by atoms with Crippen molar-refractivity contribution >= 4 is 10.0 Å². The van der Waals surface area contributed by atoms with Crippen LogP contribution in [0, 0.1) is 11.6 Å². The highest BCUT2D eigenvalue weighted by Gasteiger charge is 2.40. The first-order valence-electron chi connectivity index (χ1n) is 8.53. The van der Waals surface area contributed by atoms with Gasteiger partial charge in [-0.3, -0.25) is 4.90 Å². The smallest absolute Gasteiger partial charge is 0.208 e. The summed E-state index contributed by atoms with van der Waals surface area (Å²) < 4.78 is 58.7. The minimum atomic E-state index is -3.23. The monoisotopic (exact) mass is 374 g/mol. The second kappa shape index (κ2) is 7.26. The molecule has 1 aromatic carbocycles. The summed E-state index contributed by atoms with van der Waals surface area (Å²) in [5.74, 6) is -1.61. The Bertz CT molecular complexity index is 719. The molecule has 2 heterocycles. The Kier molecular flexibility index (Phi) is 5.43. The predicted molar refractivity (Wildman–Crippen MR) is 90.6 cm³/mol. The van der Waals surface area contributed by atoms with Gasteiger partial charge >= 0.3 is 0 Å². The molecule has 140 valence electrons. The van der Waals surface area contributed by atoms with Gasteiger partial charge in [-0.15, -0.1) is 0 Å². The second-order valence-electron chi connectivity index (χ2n) is 7.10. The van der Waals surface area contributed by atoms with E-state index >= 15 is 0 Å². The molecule has 1 spiro atoms. The molecule has 2 fully saturated rings. The van der Waals surface area contributed by atoms with Crippen LogP contribution in [0.5, 0.6) is 0 Å². The van der Waals surface area contributed by atoms with Crippen LogP contribution in [0.15, 0.2) is 18.2 Å². The predicted octanol–water partition coefficient (Wildman–Crippen LogP) is 2.03. The summed E-state index contributed by atoms with van der Waals surface area (Å²) in [6.45, 7) is 2.32. The van der Waals surface area contributed by atoms with Crippen molar-refractivity contribution in [2.75, 3.05) is 26.0 Å². The van der Waals surface area contributed by atoms with E-state index in [1.165, 1.54) is 12.3 Å². The number of hydrogen-bond acceptors (Lipinski definition) is 4. The second-order valence-corrected chi connectivity index (χ2v) is 8.88. The Balaban J connectivity index is 1.58. The molecule has 0 radical (unpaired) electrons. The van der Waals surface area contributed by atoms with Gasteiger partial charge in [0.15, 0.2) is 11.6 Å². The summed E-state index contributed by atoms with van der Waals surface area (Å²) in [7, 11) is -3.23. The topological polar surface area (TPSA) is 58.6 Å². The molecule has 1 aromatic rings. The zero-order valence-corrected chi connectivity index (χ0v) is 15.1. The highest BCUT2D eigenvalue weighted by molar-refractivity contribution is 7.88. The standard InChI is InChI=1S/C17H24F2N2O3S/c1-25(22,23)20-14-5-10-24-17(11-14)6-8-21(9-7-17)12-13-3-2-4-15(18)16(13)19/h2-4,14,20H,5-12H2,1H3. The Morgan fingerprint density at radius 1 is 1.32 bits per heavy atom. The van der Waals surface area contributed by atoms with E-state index in [9.17, 15) is 17.2 Å². The normalized spacial score (nSPS) is 24.5. The summed E-state index contributed by atoms with van der Waals surface area (Å²) in [4.78, 5) is 2.08. The van der Waals surface area contributed by atoms with Gasteiger partial charge in [-0.2, -0.15) is 0 Å².